The molecular formula is C29H25FN2O2S. The maximum absolute atomic E-state index is 14.3. The first-order valence-electron chi connectivity index (χ1n) is 11.9. The Balaban J connectivity index is 1.38. The molecule has 2 aliphatic rings. The maximum atomic E-state index is 14.3. The molecule has 1 amide bonds. The minimum absolute atomic E-state index is 0.150. The van der Waals surface area contributed by atoms with Crippen molar-refractivity contribution >= 4 is 34.1 Å². The molecule has 0 unspecified atom stereocenters. The van der Waals surface area contributed by atoms with Gasteiger partial charge in [-0.1, -0.05) is 48.5 Å². The van der Waals surface area contributed by atoms with Crippen molar-refractivity contribution in [3.63, 3.8) is 0 Å². The number of hydrogen-bond donors (Lipinski definition) is 1. The predicted octanol–water partition coefficient (Wildman–Crippen LogP) is 6.20. The van der Waals surface area contributed by atoms with E-state index in [1.807, 2.05) is 19.1 Å². The van der Waals surface area contributed by atoms with Crippen molar-refractivity contribution in [2.24, 2.45) is 0 Å². The minimum Gasteiger partial charge on any atom is -0.322 e. The molecule has 176 valence electrons. The van der Waals surface area contributed by atoms with Gasteiger partial charge in [0.05, 0.1) is 10.7 Å². The summed E-state index contributed by atoms with van der Waals surface area (Å²) in [6.07, 6.45) is 2.88. The third kappa shape index (κ3) is 4.06. The van der Waals surface area contributed by atoms with E-state index in [0.717, 1.165) is 29.0 Å². The van der Waals surface area contributed by atoms with E-state index in [2.05, 4.69) is 35.6 Å². The summed E-state index contributed by atoms with van der Waals surface area (Å²) in [5.41, 5.74) is 4.29. The Bertz CT molecular complexity index is 1530. The smallest absolute Gasteiger partial charge is 0.252 e. The molecule has 4 aromatic rings. The highest BCUT2D eigenvalue weighted by Gasteiger charge is 2.37. The fourth-order valence-corrected chi connectivity index (χ4v) is 6.51. The van der Waals surface area contributed by atoms with Crippen LogP contribution in [0.4, 0.5) is 10.1 Å². The first kappa shape index (κ1) is 22.1. The number of anilines is 1. The fourth-order valence-electron chi connectivity index (χ4n) is 5.09. The lowest BCUT2D eigenvalue weighted by atomic mass is 9.95. The number of nitrogens with zero attached hydrogens (tertiary/aromatic N) is 1. The molecule has 1 aromatic heterocycles. The van der Waals surface area contributed by atoms with Crippen molar-refractivity contribution in [1.82, 2.24) is 4.57 Å². The van der Waals surface area contributed by atoms with Crippen LogP contribution in [0.15, 0.2) is 76.6 Å². The quantitative estimate of drug-likeness (QED) is 0.367. The van der Waals surface area contributed by atoms with Crippen LogP contribution >= 0.6 is 11.8 Å². The zero-order chi connectivity index (χ0) is 24.1. The number of aryl methyl sites for hydroxylation is 1. The summed E-state index contributed by atoms with van der Waals surface area (Å²) in [4.78, 5) is 26.5. The first-order valence-corrected chi connectivity index (χ1v) is 12.9. The van der Waals surface area contributed by atoms with E-state index in [4.69, 9.17) is 0 Å². The van der Waals surface area contributed by atoms with E-state index in [-0.39, 0.29) is 17.2 Å². The van der Waals surface area contributed by atoms with Crippen molar-refractivity contribution in [2.75, 3.05) is 11.1 Å². The zero-order valence-corrected chi connectivity index (χ0v) is 20.2. The summed E-state index contributed by atoms with van der Waals surface area (Å²) < 4.78 is 15.9. The van der Waals surface area contributed by atoms with Gasteiger partial charge in [0.1, 0.15) is 11.9 Å². The second kappa shape index (κ2) is 8.68. The second-order valence-corrected chi connectivity index (χ2v) is 10.5. The molecule has 4 nitrogen and oxygen atoms in total. The van der Waals surface area contributed by atoms with E-state index in [1.54, 1.807) is 34.5 Å². The van der Waals surface area contributed by atoms with Crippen molar-refractivity contribution in [1.29, 1.82) is 0 Å². The topological polar surface area (TPSA) is 51.1 Å². The van der Waals surface area contributed by atoms with Gasteiger partial charge in [0.15, 0.2) is 0 Å². The number of amides is 1. The molecule has 0 saturated heterocycles. The van der Waals surface area contributed by atoms with Crippen LogP contribution in [-0.2, 0) is 11.2 Å². The van der Waals surface area contributed by atoms with Gasteiger partial charge in [0.2, 0.25) is 5.91 Å². The molecule has 1 N–H and O–H groups in total. The number of thioether (sulfide) groups is 1. The molecule has 1 fully saturated rings. The number of carbonyl (C=O) groups is 1. The van der Waals surface area contributed by atoms with Crippen molar-refractivity contribution in [2.45, 2.75) is 43.2 Å². The van der Waals surface area contributed by atoms with Crippen LogP contribution in [0.25, 0.3) is 10.8 Å². The average molecular weight is 485 g/mol. The van der Waals surface area contributed by atoms with Gasteiger partial charge in [0.25, 0.3) is 5.56 Å². The Morgan fingerprint density at radius 2 is 1.86 bits per heavy atom. The molecule has 0 bridgehead atoms. The van der Waals surface area contributed by atoms with Crippen LogP contribution in [0.1, 0.15) is 47.1 Å². The van der Waals surface area contributed by atoms with Gasteiger partial charge in [-0.3, -0.25) is 14.2 Å². The molecule has 6 heteroatoms. The summed E-state index contributed by atoms with van der Waals surface area (Å²) in [6, 6.07) is 20.3. The van der Waals surface area contributed by atoms with Crippen LogP contribution in [0.5, 0.6) is 0 Å². The van der Waals surface area contributed by atoms with E-state index >= 15 is 0 Å². The summed E-state index contributed by atoms with van der Waals surface area (Å²) in [7, 11) is 0. The summed E-state index contributed by atoms with van der Waals surface area (Å²) in [5, 5.41) is 6.00. The highest BCUT2D eigenvalue weighted by molar-refractivity contribution is 7.99. The molecule has 1 aliphatic heterocycles. The van der Waals surface area contributed by atoms with Crippen molar-refractivity contribution < 1.29 is 9.18 Å². The lowest BCUT2D eigenvalue weighted by molar-refractivity contribution is -0.118. The molecule has 1 atom stereocenters. The highest BCUT2D eigenvalue weighted by Crippen LogP contribution is 2.48. The third-order valence-electron chi connectivity index (χ3n) is 6.95. The van der Waals surface area contributed by atoms with E-state index in [1.165, 1.54) is 28.0 Å². The van der Waals surface area contributed by atoms with Gasteiger partial charge >= 0.3 is 0 Å². The average Bonchev–Trinajstić information content (AvgIpc) is 3.58. The Kier molecular flexibility index (Phi) is 5.49. The molecule has 35 heavy (non-hydrogen) atoms. The van der Waals surface area contributed by atoms with Crippen LogP contribution in [0.2, 0.25) is 0 Å². The van der Waals surface area contributed by atoms with Crippen LogP contribution in [-0.4, -0.2) is 16.2 Å². The number of benzene rings is 3. The molecule has 0 radical (unpaired) electrons. The minimum atomic E-state index is -0.661. The predicted molar refractivity (Wildman–Crippen MR) is 139 cm³/mol. The second-order valence-electron chi connectivity index (χ2n) is 9.49. The number of aromatic nitrogens is 1. The Hall–Kier alpha value is -3.38. The summed E-state index contributed by atoms with van der Waals surface area (Å²) >= 11 is 1.57. The number of halogens is 1. The third-order valence-corrected chi connectivity index (χ3v) is 8.12. The van der Waals surface area contributed by atoms with Crippen molar-refractivity contribution in [3.8, 4) is 0 Å². The number of hydrogen-bond acceptors (Lipinski definition) is 3. The highest BCUT2D eigenvalue weighted by atomic mass is 32.2. The Morgan fingerprint density at radius 1 is 1.06 bits per heavy atom. The zero-order valence-electron chi connectivity index (χ0n) is 19.4. The summed E-state index contributed by atoms with van der Waals surface area (Å²) in [6.45, 7) is 1.85. The van der Waals surface area contributed by atoms with Crippen molar-refractivity contribution in [3.05, 3.63) is 105 Å². The largest absolute Gasteiger partial charge is 0.322 e. The summed E-state index contributed by atoms with van der Waals surface area (Å²) in [5.74, 6) is 0.0504. The van der Waals surface area contributed by atoms with E-state index in [0.29, 0.717) is 18.1 Å². The number of carbonyl (C=O) groups excluding carboxylic acids is 1. The number of nitrogens with one attached hydrogen (secondary N) is 1. The van der Waals surface area contributed by atoms with Gasteiger partial charge in [0, 0.05) is 11.8 Å². The molecule has 0 spiro atoms. The Labute approximate surface area is 207 Å². The van der Waals surface area contributed by atoms with Gasteiger partial charge < -0.3 is 5.32 Å². The van der Waals surface area contributed by atoms with Gasteiger partial charge in [-0.05, 0) is 77.3 Å². The normalized spacial score (nSPS) is 16.9. The SMILES string of the molecule is Cc1ccc(F)c(NC(=O)[C@@H]2CSc3c(C4CC4)c(Cc4cccc5ccccc45)cc(=O)n32)c1. The van der Waals surface area contributed by atoms with Crippen LogP contribution < -0.4 is 10.9 Å². The number of fused-ring (bicyclic) bond motifs is 2. The number of pyridine rings is 1. The van der Waals surface area contributed by atoms with Crippen LogP contribution in [0, 0.1) is 12.7 Å². The van der Waals surface area contributed by atoms with Gasteiger partial charge in [-0.15, -0.1) is 11.8 Å². The van der Waals surface area contributed by atoms with E-state index < -0.39 is 11.9 Å². The van der Waals surface area contributed by atoms with E-state index in [9.17, 15) is 14.0 Å². The monoisotopic (exact) mass is 484 g/mol. The number of rotatable bonds is 5. The van der Waals surface area contributed by atoms with Crippen LogP contribution in [0.3, 0.4) is 0 Å². The van der Waals surface area contributed by atoms with Gasteiger partial charge in [-0.2, -0.15) is 0 Å². The van der Waals surface area contributed by atoms with Gasteiger partial charge in [-0.25, -0.2) is 4.39 Å². The molecule has 1 saturated carbocycles. The lowest BCUT2D eigenvalue weighted by Gasteiger charge is -2.18. The molecule has 3 aromatic carbocycles. The first-order chi connectivity index (χ1) is 17.0. The molecule has 6 rings (SSSR count). The molecule has 1 aliphatic carbocycles. The Morgan fingerprint density at radius 3 is 2.69 bits per heavy atom. The molecular weight excluding hydrogens is 459 g/mol. The maximum Gasteiger partial charge on any atom is 0.252 e. The molecule has 2 heterocycles. The standard InChI is InChI=1S/C29H25FN2O2S/c1-17-9-12-23(30)24(13-17)31-28(34)25-16-35-29-27(19-10-11-19)21(15-26(33)32(25)29)14-20-7-4-6-18-5-2-3-8-22(18)20/h2-9,12-13,15,19,25H,10-11,14,16H2,1H3,(H,31,34)/t25-/m0/s1. The fraction of sp³-hybridized carbons (Fsp3) is 0.241. The lowest BCUT2D eigenvalue weighted by Crippen LogP contribution is -2.33.